The average molecular weight is 476 g/mol. The number of carbonyl (C=O) groups is 2. The van der Waals surface area contributed by atoms with Crippen LogP contribution in [0.4, 0.5) is 5.69 Å². The van der Waals surface area contributed by atoms with Crippen molar-refractivity contribution in [3.8, 4) is 11.4 Å². The Balaban J connectivity index is 1.65. The van der Waals surface area contributed by atoms with Gasteiger partial charge in [0.2, 0.25) is 0 Å². The highest BCUT2D eigenvalue weighted by atomic mass is 32.2. The van der Waals surface area contributed by atoms with Gasteiger partial charge in [-0.05, 0) is 92.2 Å². The molecule has 1 aromatic heterocycles. The number of carbonyl (C=O) groups excluding carboxylic acids is 2. The molecule has 0 unspecified atom stereocenters. The fraction of sp³-hybridized carbons (Fsp3) is 0.192. The molecule has 3 aromatic rings. The molecule has 2 heterocycles. The van der Waals surface area contributed by atoms with E-state index in [1.165, 1.54) is 18.9 Å². The summed E-state index contributed by atoms with van der Waals surface area (Å²) in [6.45, 7) is 5.89. The van der Waals surface area contributed by atoms with Crippen molar-refractivity contribution in [3.05, 3.63) is 81.5 Å². The van der Waals surface area contributed by atoms with Gasteiger partial charge in [-0.2, -0.15) is 0 Å². The second kappa shape index (κ2) is 9.61. The van der Waals surface area contributed by atoms with Gasteiger partial charge < -0.3 is 19.4 Å². The van der Waals surface area contributed by atoms with Crippen LogP contribution in [-0.4, -0.2) is 35.8 Å². The Morgan fingerprint density at radius 2 is 1.82 bits per heavy atom. The van der Waals surface area contributed by atoms with Gasteiger partial charge in [0.15, 0.2) is 5.17 Å². The molecule has 0 saturated carbocycles. The maximum atomic E-state index is 12.6. The minimum Gasteiger partial charge on any atom is -0.497 e. The fourth-order valence-corrected chi connectivity index (χ4v) is 4.73. The Morgan fingerprint density at radius 1 is 1.09 bits per heavy atom. The van der Waals surface area contributed by atoms with Gasteiger partial charge in [-0.15, -0.1) is 0 Å². The maximum absolute atomic E-state index is 12.6. The van der Waals surface area contributed by atoms with Gasteiger partial charge in [0.25, 0.3) is 5.91 Å². The summed E-state index contributed by atoms with van der Waals surface area (Å²) in [7, 11) is 2.99. The Kier molecular flexibility index (Phi) is 6.61. The summed E-state index contributed by atoms with van der Waals surface area (Å²) in [5, 5.41) is 3.35. The van der Waals surface area contributed by atoms with E-state index in [0.29, 0.717) is 15.6 Å². The first kappa shape index (κ1) is 23.4. The number of ether oxygens (including phenoxy) is 2. The Bertz CT molecular complexity index is 1340. The third kappa shape index (κ3) is 4.49. The van der Waals surface area contributed by atoms with E-state index in [0.717, 1.165) is 39.6 Å². The van der Waals surface area contributed by atoms with Crippen molar-refractivity contribution in [3.63, 3.8) is 0 Å². The number of benzene rings is 2. The predicted octanol–water partition coefficient (Wildman–Crippen LogP) is 5.09. The van der Waals surface area contributed by atoms with E-state index in [-0.39, 0.29) is 11.9 Å². The molecule has 2 aromatic carbocycles. The molecule has 1 saturated heterocycles. The van der Waals surface area contributed by atoms with E-state index in [2.05, 4.69) is 14.9 Å². The number of nitrogens with zero attached hydrogens (tertiary/aromatic N) is 2. The molecule has 0 aliphatic carbocycles. The third-order valence-electron chi connectivity index (χ3n) is 5.66. The number of aryl methyl sites for hydroxylation is 1. The minimum absolute atomic E-state index is 0.189. The Labute approximate surface area is 202 Å². The smallest absolute Gasteiger partial charge is 0.338 e. The van der Waals surface area contributed by atoms with E-state index in [4.69, 9.17) is 9.47 Å². The van der Waals surface area contributed by atoms with E-state index in [9.17, 15) is 9.59 Å². The molecule has 1 N–H and O–H groups in total. The topological polar surface area (TPSA) is 81.9 Å². The molecule has 0 atom stereocenters. The lowest BCUT2D eigenvalue weighted by atomic mass is 10.1. The summed E-state index contributed by atoms with van der Waals surface area (Å²) in [4.78, 5) is 29.8. The van der Waals surface area contributed by atoms with Gasteiger partial charge >= 0.3 is 5.97 Å². The van der Waals surface area contributed by atoms with Crippen LogP contribution < -0.4 is 10.1 Å². The van der Waals surface area contributed by atoms with Gasteiger partial charge in [0.05, 0.1) is 30.4 Å². The molecule has 7 nitrogen and oxygen atoms in total. The van der Waals surface area contributed by atoms with Gasteiger partial charge in [-0.3, -0.25) is 4.79 Å². The van der Waals surface area contributed by atoms with Crippen LogP contribution in [0.2, 0.25) is 0 Å². The minimum atomic E-state index is -0.369. The van der Waals surface area contributed by atoms with Crippen LogP contribution in [0.25, 0.3) is 11.8 Å². The Hall–Kier alpha value is -3.78. The number of aliphatic imine (C=N–C) groups is 1. The quantitative estimate of drug-likeness (QED) is 0.411. The van der Waals surface area contributed by atoms with Crippen molar-refractivity contribution in [1.29, 1.82) is 0 Å². The van der Waals surface area contributed by atoms with Crippen molar-refractivity contribution in [2.75, 3.05) is 14.2 Å². The summed E-state index contributed by atoms with van der Waals surface area (Å²) in [6.07, 6.45) is 1.87. The summed E-state index contributed by atoms with van der Waals surface area (Å²) in [5.74, 6) is 0.188. The number of thioether (sulfide) groups is 1. The second-order valence-corrected chi connectivity index (χ2v) is 8.81. The molecule has 1 aliphatic rings. The van der Waals surface area contributed by atoms with Crippen LogP contribution in [0.1, 0.15) is 32.9 Å². The first-order chi connectivity index (χ1) is 16.3. The molecule has 0 radical (unpaired) electrons. The number of hydrogen-bond acceptors (Lipinski definition) is 6. The summed E-state index contributed by atoms with van der Waals surface area (Å²) in [6, 6.07) is 14.9. The first-order valence-corrected chi connectivity index (χ1v) is 11.4. The summed E-state index contributed by atoms with van der Waals surface area (Å²) >= 11 is 1.30. The number of amides is 1. The highest BCUT2D eigenvalue weighted by Crippen LogP contribution is 2.32. The lowest BCUT2D eigenvalue weighted by Gasteiger charge is -2.15. The molecule has 174 valence electrons. The molecule has 1 fully saturated rings. The predicted molar refractivity (Wildman–Crippen MR) is 135 cm³/mol. The number of amidine groups is 1. The van der Waals surface area contributed by atoms with E-state index >= 15 is 0 Å². The van der Waals surface area contributed by atoms with Gasteiger partial charge in [-0.1, -0.05) is 6.07 Å². The Morgan fingerprint density at radius 3 is 2.50 bits per heavy atom. The van der Waals surface area contributed by atoms with Crippen LogP contribution >= 0.6 is 11.8 Å². The monoisotopic (exact) mass is 475 g/mol. The normalized spacial score (nSPS) is 15.6. The van der Waals surface area contributed by atoms with E-state index < -0.39 is 0 Å². The number of esters is 1. The summed E-state index contributed by atoms with van der Waals surface area (Å²) < 4.78 is 12.2. The molecule has 0 spiro atoms. The molecule has 0 bridgehead atoms. The second-order valence-electron chi connectivity index (χ2n) is 7.78. The molecule has 1 aliphatic heterocycles. The van der Waals surface area contributed by atoms with Crippen molar-refractivity contribution in [2.45, 2.75) is 20.8 Å². The zero-order valence-corrected chi connectivity index (χ0v) is 20.4. The van der Waals surface area contributed by atoms with Crippen molar-refractivity contribution in [2.24, 2.45) is 4.99 Å². The SMILES string of the molecule is COC(=O)c1cccc(-n2c(C)cc(/C=C3/SC(=Nc4ccc(OC)cc4)NC3=O)c2C)c1C. The number of rotatable bonds is 5. The lowest BCUT2D eigenvalue weighted by molar-refractivity contribution is -0.115. The van der Waals surface area contributed by atoms with Gasteiger partial charge in [-0.25, -0.2) is 9.79 Å². The average Bonchev–Trinajstić information content (AvgIpc) is 3.31. The number of hydrogen-bond donors (Lipinski definition) is 1. The zero-order valence-electron chi connectivity index (χ0n) is 19.6. The number of nitrogens with one attached hydrogen (secondary N) is 1. The molecule has 1 amide bonds. The highest BCUT2D eigenvalue weighted by Gasteiger charge is 2.25. The van der Waals surface area contributed by atoms with Crippen LogP contribution in [-0.2, 0) is 9.53 Å². The molecule has 4 rings (SSSR count). The highest BCUT2D eigenvalue weighted by molar-refractivity contribution is 8.18. The number of aromatic nitrogens is 1. The van der Waals surface area contributed by atoms with Crippen molar-refractivity contribution >= 4 is 40.6 Å². The van der Waals surface area contributed by atoms with Crippen molar-refractivity contribution in [1.82, 2.24) is 9.88 Å². The molecular formula is C26H25N3O4S. The van der Waals surface area contributed by atoms with E-state index in [1.807, 2.05) is 69.3 Å². The van der Waals surface area contributed by atoms with Crippen molar-refractivity contribution < 1.29 is 19.1 Å². The van der Waals surface area contributed by atoms with Crippen LogP contribution in [0.15, 0.2) is 58.4 Å². The molecular weight excluding hydrogens is 450 g/mol. The first-order valence-electron chi connectivity index (χ1n) is 10.6. The van der Waals surface area contributed by atoms with Crippen LogP contribution in [0.5, 0.6) is 5.75 Å². The maximum Gasteiger partial charge on any atom is 0.338 e. The van der Waals surface area contributed by atoms with E-state index in [1.54, 1.807) is 13.2 Å². The zero-order chi connectivity index (χ0) is 24.4. The largest absolute Gasteiger partial charge is 0.497 e. The summed E-state index contributed by atoms with van der Waals surface area (Å²) in [5.41, 5.74) is 5.85. The fourth-order valence-electron chi connectivity index (χ4n) is 3.90. The molecule has 8 heteroatoms. The van der Waals surface area contributed by atoms with Gasteiger partial charge in [0, 0.05) is 17.1 Å². The number of methoxy groups -OCH3 is 2. The van der Waals surface area contributed by atoms with Crippen LogP contribution in [0, 0.1) is 20.8 Å². The third-order valence-corrected chi connectivity index (χ3v) is 6.57. The standard InChI is InChI=1S/C26H25N3O4S/c1-15-13-18(17(3)29(15)22-8-6-7-21(16(22)2)25(31)33-5)14-23-24(30)28-26(34-23)27-19-9-11-20(32-4)12-10-19/h6-14H,1-5H3,(H,27,28,30)/b23-14+. The lowest BCUT2D eigenvalue weighted by Crippen LogP contribution is -2.19. The molecule has 34 heavy (non-hydrogen) atoms. The van der Waals surface area contributed by atoms with Gasteiger partial charge in [0.1, 0.15) is 5.75 Å². The van der Waals surface area contributed by atoms with Crippen LogP contribution in [0.3, 0.4) is 0 Å².